The summed E-state index contributed by atoms with van der Waals surface area (Å²) >= 11 is 0. The normalized spacial score (nSPS) is 10.8. The minimum absolute atomic E-state index is 0.0303. The molecule has 24 heavy (non-hydrogen) atoms. The first-order valence-corrected chi connectivity index (χ1v) is 7.91. The van der Waals surface area contributed by atoms with Crippen LogP contribution in [0.1, 0.15) is 35.3 Å². The van der Waals surface area contributed by atoms with E-state index < -0.39 is 0 Å². The number of rotatable bonds is 5. The van der Waals surface area contributed by atoms with Gasteiger partial charge in [0.25, 0.3) is 5.91 Å². The fraction of sp³-hybridized carbons (Fsp3) is 0.200. The quantitative estimate of drug-likeness (QED) is 0.823. The number of para-hydroxylation sites is 1. The third-order valence-corrected chi connectivity index (χ3v) is 3.35. The van der Waals surface area contributed by atoms with Crippen molar-refractivity contribution in [3.05, 3.63) is 71.3 Å². The molecular weight excluding hydrogens is 300 g/mol. The van der Waals surface area contributed by atoms with Crippen LogP contribution in [-0.4, -0.2) is 17.9 Å². The summed E-state index contributed by atoms with van der Waals surface area (Å²) in [5.41, 5.74) is 3.06. The Hall–Kier alpha value is -2.88. The molecular formula is C20H22N2O2. The van der Waals surface area contributed by atoms with E-state index in [9.17, 15) is 9.59 Å². The molecule has 0 aliphatic carbocycles. The maximum Gasteiger partial charge on any atom is 0.253 e. The maximum atomic E-state index is 12.2. The Labute approximate surface area is 142 Å². The number of nitrogens with one attached hydrogen (secondary N) is 2. The number of amides is 2. The van der Waals surface area contributed by atoms with Crippen LogP contribution in [0.25, 0.3) is 6.08 Å². The van der Waals surface area contributed by atoms with Crippen molar-refractivity contribution in [2.75, 3.05) is 5.32 Å². The molecule has 0 heterocycles. The van der Waals surface area contributed by atoms with Gasteiger partial charge in [0, 0.05) is 12.1 Å². The number of anilines is 1. The number of carbonyl (C=O) groups excluding carboxylic acids is 2. The largest absolute Gasteiger partial charge is 0.350 e. The summed E-state index contributed by atoms with van der Waals surface area (Å²) in [5, 5.41) is 5.59. The Bertz CT molecular complexity index is 746. The van der Waals surface area contributed by atoms with Gasteiger partial charge >= 0.3 is 0 Å². The molecule has 0 bridgehead atoms. The van der Waals surface area contributed by atoms with E-state index in [1.165, 1.54) is 11.6 Å². The lowest BCUT2D eigenvalue weighted by atomic mass is 10.1. The second-order valence-electron chi connectivity index (χ2n) is 5.91. The van der Waals surface area contributed by atoms with Gasteiger partial charge in [-0.2, -0.15) is 0 Å². The van der Waals surface area contributed by atoms with E-state index in [0.29, 0.717) is 11.3 Å². The fourth-order valence-corrected chi connectivity index (χ4v) is 2.15. The summed E-state index contributed by atoms with van der Waals surface area (Å²) in [6.07, 6.45) is 3.20. The van der Waals surface area contributed by atoms with Crippen molar-refractivity contribution in [2.24, 2.45) is 0 Å². The molecule has 0 fully saturated rings. The molecule has 0 aliphatic rings. The topological polar surface area (TPSA) is 58.2 Å². The van der Waals surface area contributed by atoms with Crippen LogP contribution in [0.4, 0.5) is 5.69 Å². The first-order chi connectivity index (χ1) is 11.5. The Kier molecular flexibility index (Phi) is 5.90. The minimum Gasteiger partial charge on any atom is -0.350 e. The maximum absolute atomic E-state index is 12.2. The van der Waals surface area contributed by atoms with Crippen molar-refractivity contribution in [3.8, 4) is 0 Å². The average Bonchev–Trinajstić information content (AvgIpc) is 2.54. The third kappa shape index (κ3) is 5.09. The zero-order valence-electron chi connectivity index (χ0n) is 14.2. The van der Waals surface area contributed by atoms with E-state index in [1.807, 2.05) is 45.0 Å². The molecule has 2 aromatic rings. The van der Waals surface area contributed by atoms with Gasteiger partial charge in [-0.1, -0.05) is 42.0 Å². The molecule has 0 unspecified atom stereocenters. The van der Waals surface area contributed by atoms with Crippen LogP contribution in [0.5, 0.6) is 0 Å². The molecule has 0 aliphatic heterocycles. The van der Waals surface area contributed by atoms with Crippen LogP contribution >= 0.6 is 0 Å². The lowest BCUT2D eigenvalue weighted by Crippen LogP contribution is -2.30. The van der Waals surface area contributed by atoms with Crippen LogP contribution < -0.4 is 10.6 Å². The van der Waals surface area contributed by atoms with Gasteiger partial charge in [0.05, 0.1) is 11.3 Å². The standard InChI is InChI=1S/C20H22N2O2/c1-14(2)21-20(24)17-6-4-5-7-18(17)22-19(23)13-12-16-10-8-15(3)9-11-16/h4-14H,1-3H3,(H,21,24)(H,22,23). The lowest BCUT2D eigenvalue weighted by molar-refractivity contribution is -0.111. The van der Waals surface area contributed by atoms with Crippen molar-refractivity contribution in [2.45, 2.75) is 26.8 Å². The SMILES string of the molecule is Cc1ccc(C=CC(=O)Nc2ccccc2C(=O)NC(C)C)cc1. The lowest BCUT2D eigenvalue weighted by Gasteiger charge is -2.12. The summed E-state index contributed by atoms with van der Waals surface area (Å²) in [6.45, 7) is 5.80. The van der Waals surface area contributed by atoms with Crippen molar-refractivity contribution in [3.63, 3.8) is 0 Å². The molecule has 2 aromatic carbocycles. The predicted molar refractivity (Wildman–Crippen MR) is 97.9 cm³/mol. The molecule has 2 N–H and O–H groups in total. The Morgan fingerprint density at radius 2 is 1.67 bits per heavy atom. The van der Waals surface area contributed by atoms with Crippen LogP contribution in [0.2, 0.25) is 0 Å². The summed E-state index contributed by atoms with van der Waals surface area (Å²) in [5.74, 6) is -0.483. The van der Waals surface area contributed by atoms with Crippen molar-refractivity contribution < 1.29 is 9.59 Å². The van der Waals surface area contributed by atoms with Crippen molar-refractivity contribution in [1.82, 2.24) is 5.32 Å². The van der Waals surface area contributed by atoms with Gasteiger partial charge in [0.1, 0.15) is 0 Å². The first-order valence-electron chi connectivity index (χ1n) is 7.91. The highest BCUT2D eigenvalue weighted by molar-refractivity contribution is 6.07. The van der Waals surface area contributed by atoms with E-state index in [2.05, 4.69) is 10.6 Å². The van der Waals surface area contributed by atoms with E-state index in [1.54, 1.807) is 30.3 Å². The van der Waals surface area contributed by atoms with Crippen molar-refractivity contribution in [1.29, 1.82) is 0 Å². The highest BCUT2D eigenvalue weighted by atomic mass is 16.2. The van der Waals surface area contributed by atoms with E-state index in [0.717, 1.165) is 5.56 Å². The minimum atomic E-state index is -0.277. The third-order valence-electron chi connectivity index (χ3n) is 3.35. The Balaban J connectivity index is 2.09. The smallest absolute Gasteiger partial charge is 0.253 e. The summed E-state index contributed by atoms with van der Waals surface area (Å²) < 4.78 is 0. The summed E-state index contributed by atoms with van der Waals surface area (Å²) in [7, 11) is 0. The van der Waals surface area contributed by atoms with Crippen LogP contribution in [0.3, 0.4) is 0 Å². The second kappa shape index (κ2) is 8.11. The molecule has 0 spiro atoms. The molecule has 0 aromatic heterocycles. The first kappa shape index (κ1) is 17.5. The highest BCUT2D eigenvalue weighted by Gasteiger charge is 2.12. The number of benzene rings is 2. The van der Waals surface area contributed by atoms with Crippen LogP contribution in [-0.2, 0) is 4.79 Å². The zero-order valence-corrected chi connectivity index (χ0v) is 14.2. The highest BCUT2D eigenvalue weighted by Crippen LogP contribution is 2.15. The average molecular weight is 322 g/mol. The van der Waals surface area contributed by atoms with Crippen LogP contribution in [0, 0.1) is 6.92 Å². The number of carbonyl (C=O) groups is 2. The number of aryl methyl sites for hydroxylation is 1. The van der Waals surface area contributed by atoms with E-state index in [-0.39, 0.29) is 17.9 Å². The fourth-order valence-electron chi connectivity index (χ4n) is 2.15. The molecule has 124 valence electrons. The van der Waals surface area contributed by atoms with Crippen molar-refractivity contribution >= 4 is 23.6 Å². The van der Waals surface area contributed by atoms with Gasteiger partial charge in [-0.3, -0.25) is 9.59 Å². The molecule has 0 saturated heterocycles. The molecule has 0 saturated carbocycles. The zero-order chi connectivity index (χ0) is 17.5. The van der Waals surface area contributed by atoms with Gasteiger partial charge in [0.15, 0.2) is 0 Å². The Morgan fingerprint density at radius 3 is 2.33 bits per heavy atom. The molecule has 0 radical (unpaired) electrons. The number of hydrogen-bond acceptors (Lipinski definition) is 2. The van der Waals surface area contributed by atoms with E-state index >= 15 is 0 Å². The molecule has 4 heteroatoms. The summed E-state index contributed by atoms with van der Waals surface area (Å²) in [4.78, 5) is 24.3. The Morgan fingerprint density at radius 1 is 1.00 bits per heavy atom. The van der Waals surface area contributed by atoms with Gasteiger partial charge in [0.2, 0.25) is 5.91 Å². The van der Waals surface area contributed by atoms with Gasteiger partial charge in [-0.05, 0) is 44.5 Å². The molecule has 4 nitrogen and oxygen atoms in total. The number of hydrogen-bond donors (Lipinski definition) is 2. The van der Waals surface area contributed by atoms with E-state index in [4.69, 9.17) is 0 Å². The van der Waals surface area contributed by atoms with Crippen LogP contribution in [0.15, 0.2) is 54.6 Å². The predicted octanol–water partition coefficient (Wildman–Crippen LogP) is 3.79. The van der Waals surface area contributed by atoms with Gasteiger partial charge in [-0.15, -0.1) is 0 Å². The molecule has 2 amide bonds. The van der Waals surface area contributed by atoms with Gasteiger partial charge in [-0.25, -0.2) is 0 Å². The van der Waals surface area contributed by atoms with Gasteiger partial charge < -0.3 is 10.6 Å². The molecule has 0 atom stereocenters. The monoisotopic (exact) mass is 322 g/mol. The second-order valence-corrected chi connectivity index (χ2v) is 5.91. The molecule has 2 rings (SSSR count). The summed E-state index contributed by atoms with van der Waals surface area (Å²) in [6, 6.07) is 14.9.